The van der Waals surface area contributed by atoms with Gasteiger partial charge < -0.3 is 15.5 Å². The van der Waals surface area contributed by atoms with Gasteiger partial charge in [0.15, 0.2) is 0 Å². The number of hydrogen-bond donors (Lipinski definition) is 3. The van der Waals surface area contributed by atoms with Crippen molar-refractivity contribution in [3.8, 4) is 0 Å². The zero-order valence-electron chi connectivity index (χ0n) is 9.10. The van der Waals surface area contributed by atoms with Gasteiger partial charge in [-0.05, 0) is 0 Å². The Hall–Kier alpha value is -1.24. The summed E-state index contributed by atoms with van der Waals surface area (Å²) in [4.78, 5) is 31.9. The Kier molecular flexibility index (Phi) is 6.55. The van der Waals surface area contributed by atoms with Gasteiger partial charge in [0.1, 0.15) is 6.04 Å². The summed E-state index contributed by atoms with van der Waals surface area (Å²) in [7, 11) is 0. The fourth-order valence-corrected chi connectivity index (χ4v) is 1.95. The maximum Gasteiger partial charge on any atom is 0.327 e. The Morgan fingerprint density at radius 3 is 2.12 bits per heavy atom. The third-order valence-electron chi connectivity index (χ3n) is 1.75. The molecule has 0 aliphatic rings. The highest BCUT2D eigenvalue weighted by Crippen LogP contribution is 2.10. The van der Waals surface area contributed by atoms with E-state index in [1.54, 1.807) is 6.92 Å². The van der Waals surface area contributed by atoms with Crippen molar-refractivity contribution in [1.29, 1.82) is 0 Å². The molecule has 0 saturated carbocycles. The largest absolute Gasteiger partial charge is 0.481 e. The quantitative estimate of drug-likeness (QED) is 0.588. The minimum Gasteiger partial charge on any atom is -0.481 e. The molecule has 0 aromatic carbocycles. The molecule has 0 aliphatic carbocycles. The Labute approximate surface area is 97.4 Å². The molecule has 0 fully saturated rings. The van der Waals surface area contributed by atoms with Crippen molar-refractivity contribution in [2.75, 3.05) is 11.5 Å². The predicted octanol–water partition coefficient (Wildman–Crippen LogP) is 0.0296. The van der Waals surface area contributed by atoms with E-state index in [2.05, 4.69) is 5.32 Å². The Bertz CT molecular complexity index is 281. The molecular formula is C9H15NO5S. The minimum atomic E-state index is -1.12. The molecule has 3 N–H and O–H groups in total. The van der Waals surface area contributed by atoms with Crippen molar-refractivity contribution in [3.05, 3.63) is 0 Å². The molecule has 0 radical (unpaired) electrons. The summed E-state index contributed by atoms with van der Waals surface area (Å²) in [6, 6.07) is -0.969. The summed E-state index contributed by atoms with van der Waals surface area (Å²) in [6.07, 6.45) is 0. The summed E-state index contributed by atoms with van der Waals surface area (Å²) < 4.78 is 0. The van der Waals surface area contributed by atoms with E-state index >= 15 is 0 Å². The summed E-state index contributed by atoms with van der Waals surface area (Å²) in [5, 5.41) is 19.6. The van der Waals surface area contributed by atoms with Crippen molar-refractivity contribution in [2.24, 2.45) is 5.92 Å². The zero-order chi connectivity index (χ0) is 12.7. The average Bonchev–Trinajstić information content (AvgIpc) is 2.14. The molecule has 2 atom stereocenters. The number of carbonyl (C=O) groups excluding carboxylic acids is 1. The number of carbonyl (C=O) groups is 3. The molecule has 0 spiro atoms. The van der Waals surface area contributed by atoms with Crippen LogP contribution in [-0.4, -0.2) is 45.6 Å². The standard InChI is InChI=1S/C9H15NO5S/c1-5(8(12)13)3-16-4-7(9(14)15)10-6(2)11/h5,7H,3-4H2,1-2H3,(H,10,11)(H,12,13)(H,14,15)/t5?,7-/m0/s1. The van der Waals surface area contributed by atoms with Crippen LogP contribution >= 0.6 is 11.8 Å². The molecule has 0 aliphatic heterocycles. The van der Waals surface area contributed by atoms with Crippen molar-refractivity contribution >= 4 is 29.6 Å². The van der Waals surface area contributed by atoms with Crippen LogP contribution < -0.4 is 5.32 Å². The normalized spacial score (nSPS) is 13.9. The Morgan fingerprint density at radius 1 is 1.19 bits per heavy atom. The molecule has 1 unspecified atom stereocenters. The summed E-state index contributed by atoms with van der Waals surface area (Å²) in [5.41, 5.74) is 0. The van der Waals surface area contributed by atoms with E-state index in [0.717, 1.165) is 0 Å². The van der Waals surface area contributed by atoms with Crippen LogP contribution in [0.4, 0.5) is 0 Å². The van der Waals surface area contributed by atoms with Gasteiger partial charge in [0.2, 0.25) is 5.91 Å². The number of aliphatic carboxylic acids is 2. The van der Waals surface area contributed by atoms with Gasteiger partial charge in [0.05, 0.1) is 5.92 Å². The van der Waals surface area contributed by atoms with E-state index in [0.29, 0.717) is 5.75 Å². The van der Waals surface area contributed by atoms with Crippen LogP contribution in [0.5, 0.6) is 0 Å². The molecule has 0 aromatic rings. The molecular weight excluding hydrogens is 234 g/mol. The number of rotatable bonds is 7. The lowest BCUT2D eigenvalue weighted by molar-refractivity contribution is -0.141. The molecule has 6 nitrogen and oxygen atoms in total. The molecule has 0 rings (SSSR count). The highest BCUT2D eigenvalue weighted by Gasteiger charge is 2.19. The third kappa shape index (κ3) is 6.28. The van der Waals surface area contributed by atoms with Crippen LogP contribution in [0.2, 0.25) is 0 Å². The monoisotopic (exact) mass is 249 g/mol. The first-order valence-corrected chi connectivity index (χ1v) is 5.80. The fourth-order valence-electron chi connectivity index (χ4n) is 0.854. The van der Waals surface area contributed by atoms with Gasteiger partial charge in [0.25, 0.3) is 0 Å². The highest BCUT2D eigenvalue weighted by molar-refractivity contribution is 7.99. The lowest BCUT2D eigenvalue weighted by atomic mass is 10.2. The molecule has 1 amide bonds. The van der Waals surface area contributed by atoms with Crippen LogP contribution in [0.3, 0.4) is 0 Å². The first kappa shape index (κ1) is 14.8. The molecule has 0 heterocycles. The summed E-state index contributed by atoms with van der Waals surface area (Å²) in [6.45, 7) is 2.78. The van der Waals surface area contributed by atoms with Gasteiger partial charge in [-0.1, -0.05) is 6.92 Å². The first-order chi connectivity index (χ1) is 7.34. The maximum absolute atomic E-state index is 10.7. The molecule has 7 heteroatoms. The number of carboxylic acids is 2. The van der Waals surface area contributed by atoms with Crippen molar-refractivity contribution in [1.82, 2.24) is 5.32 Å². The number of amides is 1. The Balaban J connectivity index is 3.99. The minimum absolute atomic E-state index is 0.159. The number of hydrogen-bond acceptors (Lipinski definition) is 4. The second-order valence-corrected chi connectivity index (χ2v) is 4.44. The van der Waals surface area contributed by atoms with E-state index in [1.165, 1.54) is 18.7 Å². The highest BCUT2D eigenvalue weighted by atomic mass is 32.2. The van der Waals surface area contributed by atoms with Gasteiger partial charge in [-0.2, -0.15) is 11.8 Å². The Morgan fingerprint density at radius 2 is 1.75 bits per heavy atom. The van der Waals surface area contributed by atoms with Crippen molar-refractivity contribution in [2.45, 2.75) is 19.9 Å². The topological polar surface area (TPSA) is 104 Å². The average molecular weight is 249 g/mol. The van der Waals surface area contributed by atoms with Crippen LogP contribution in [0.25, 0.3) is 0 Å². The smallest absolute Gasteiger partial charge is 0.327 e. The van der Waals surface area contributed by atoms with Crippen molar-refractivity contribution < 1.29 is 24.6 Å². The molecule has 0 bridgehead atoms. The molecule has 0 aromatic heterocycles. The third-order valence-corrected chi connectivity index (χ3v) is 3.05. The predicted molar refractivity (Wildman–Crippen MR) is 59.4 cm³/mol. The summed E-state index contributed by atoms with van der Waals surface area (Å²) in [5.74, 6) is -2.51. The van der Waals surface area contributed by atoms with E-state index in [9.17, 15) is 14.4 Å². The van der Waals surface area contributed by atoms with Gasteiger partial charge >= 0.3 is 11.9 Å². The zero-order valence-corrected chi connectivity index (χ0v) is 9.91. The van der Waals surface area contributed by atoms with Gasteiger partial charge in [-0.25, -0.2) is 4.79 Å². The van der Waals surface area contributed by atoms with Gasteiger partial charge in [-0.3, -0.25) is 9.59 Å². The number of carboxylic acid groups (broad SMARTS) is 2. The second-order valence-electron chi connectivity index (χ2n) is 3.37. The number of thioether (sulfide) groups is 1. The van der Waals surface area contributed by atoms with Crippen molar-refractivity contribution in [3.63, 3.8) is 0 Å². The van der Waals surface area contributed by atoms with E-state index in [1.807, 2.05) is 0 Å². The van der Waals surface area contributed by atoms with E-state index in [4.69, 9.17) is 10.2 Å². The van der Waals surface area contributed by atoms with Crippen LogP contribution in [0.15, 0.2) is 0 Å². The lowest BCUT2D eigenvalue weighted by Crippen LogP contribution is -2.41. The molecule has 0 saturated heterocycles. The lowest BCUT2D eigenvalue weighted by Gasteiger charge is -2.13. The van der Waals surface area contributed by atoms with Gasteiger partial charge in [-0.15, -0.1) is 0 Å². The van der Waals surface area contributed by atoms with Crippen LogP contribution in [0, 0.1) is 5.92 Å². The van der Waals surface area contributed by atoms with Crippen LogP contribution in [-0.2, 0) is 14.4 Å². The first-order valence-electron chi connectivity index (χ1n) is 4.65. The fraction of sp³-hybridized carbons (Fsp3) is 0.667. The van der Waals surface area contributed by atoms with Gasteiger partial charge in [0, 0.05) is 18.4 Å². The molecule has 92 valence electrons. The maximum atomic E-state index is 10.7. The number of nitrogens with one attached hydrogen (secondary N) is 1. The second kappa shape index (κ2) is 7.10. The van der Waals surface area contributed by atoms with E-state index in [-0.39, 0.29) is 5.75 Å². The van der Waals surface area contributed by atoms with Crippen LogP contribution in [0.1, 0.15) is 13.8 Å². The summed E-state index contributed by atoms with van der Waals surface area (Å²) >= 11 is 1.19. The SMILES string of the molecule is CC(=O)N[C@@H](CSCC(C)C(=O)O)C(=O)O. The van der Waals surface area contributed by atoms with E-state index < -0.39 is 29.8 Å². The molecule has 16 heavy (non-hydrogen) atoms.